The summed E-state index contributed by atoms with van der Waals surface area (Å²) in [5.74, 6) is -2.15. The predicted octanol–water partition coefficient (Wildman–Crippen LogP) is -2.98. The summed E-state index contributed by atoms with van der Waals surface area (Å²) in [7, 11) is 1.24. The van der Waals surface area contributed by atoms with E-state index in [1.54, 1.807) is 6.92 Å². The van der Waals surface area contributed by atoms with Crippen molar-refractivity contribution in [2.45, 2.75) is 20.3 Å². The molecular formula is C10H13NaO4. The third-order valence-electron chi connectivity index (χ3n) is 2.60. The van der Waals surface area contributed by atoms with Crippen LogP contribution in [0.15, 0.2) is 11.3 Å². The van der Waals surface area contributed by atoms with Crippen molar-refractivity contribution in [1.82, 2.24) is 0 Å². The molecule has 0 bridgehead atoms. The molecule has 4 nitrogen and oxygen atoms in total. The molecule has 2 atom stereocenters. The van der Waals surface area contributed by atoms with Crippen LogP contribution in [0.4, 0.5) is 0 Å². The zero-order chi connectivity index (χ0) is 10.9. The molecule has 1 aliphatic carbocycles. The number of rotatable bonds is 1. The van der Waals surface area contributed by atoms with Gasteiger partial charge in [0.15, 0.2) is 5.78 Å². The Labute approximate surface area is 111 Å². The smallest absolute Gasteiger partial charge is 0.875 e. The maximum Gasteiger partial charge on any atom is 1.00 e. The summed E-state index contributed by atoms with van der Waals surface area (Å²) in [6.45, 7) is 3.18. The quantitative estimate of drug-likeness (QED) is 0.269. The van der Waals surface area contributed by atoms with E-state index in [-0.39, 0.29) is 59.0 Å². The largest absolute Gasteiger partial charge is 1.00 e. The van der Waals surface area contributed by atoms with Crippen LogP contribution in [0.1, 0.15) is 20.3 Å². The van der Waals surface area contributed by atoms with Crippen LogP contribution < -0.4 is 34.7 Å². The van der Waals surface area contributed by atoms with Crippen LogP contribution >= 0.6 is 0 Å². The molecule has 0 fully saturated rings. The van der Waals surface area contributed by atoms with Crippen molar-refractivity contribution in [1.29, 1.82) is 0 Å². The summed E-state index contributed by atoms with van der Waals surface area (Å²) in [5.41, 5.74) is 0.165. The van der Waals surface area contributed by atoms with Gasteiger partial charge in [-0.3, -0.25) is 9.59 Å². The topological polar surface area (TPSA) is 66.4 Å². The van der Waals surface area contributed by atoms with Crippen LogP contribution in [-0.4, -0.2) is 18.9 Å². The molecule has 0 heterocycles. The fourth-order valence-corrected chi connectivity index (χ4v) is 1.66. The Bertz CT molecular complexity index is 309. The minimum Gasteiger partial charge on any atom is -0.875 e. The van der Waals surface area contributed by atoms with E-state index in [0.29, 0.717) is 0 Å². The van der Waals surface area contributed by atoms with Crippen molar-refractivity contribution >= 4 is 11.8 Å². The van der Waals surface area contributed by atoms with Crippen molar-refractivity contribution in [3.63, 3.8) is 0 Å². The van der Waals surface area contributed by atoms with E-state index >= 15 is 0 Å². The summed E-state index contributed by atoms with van der Waals surface area (Å²) in [4.78, 5) is 22.9. The first-order valence-corrected chi connectivity index (χ1v) is 4.47. The molecule has 0 radical (unpaired) electrons. The zero-order valence-corrected chi connectivity index (χ0v) is 11.5. The minimum atomic E-state index is -0.794. The second-order valence-corrected chi connectivity index (χ2v) is 3.59. The normalized spacial score (nSPS) is 25.9. The van der Waals surface area contributed by atoms with Gasteiger partial charge in [0.1, 0.15) is 5.92 Å². The number of Topliss-reactive ketones (excluding diaryl/α,β-unsaturated/α-hetero) is 1. The number of hydrogen-bond acceptors (Lipinski definition) is 4. The van der Waals surface area contributed by atoms with Gasteiger partial charge in [-0.1, -0.05) is 6.92 Å². The summed E-state index contributed by atoms with van der Waals surface area (Å²) in [5, 5.41) is 11.3. The number of hydrogen-bond donors (Lipinski definition) is 0. The molecular weight excluding hydrogens is 207 g/mol. The van der Waals surface area contributed by atoms with Gasteiger partial charge in [0.25, 0.3) is 0 Å². The first kappa shape index (κ1) is 14.7. The zero-order valence-electron chi connectivity index (χ0n) is 9.49. The molecule has 5 heteroatoms. The van der Waals surface area contributed by atoms with Crippen LogP contribution in [-0.2, 0) is 14.3 Å². The van der Waals surface area contributed by atoms with Crippen LogP contribution in [0.3, 0.4) is 0 Å². The minimum absolute atomic E-state index is 0. The van der Waals surface area contributed by atoms with E-state index in [0.717, 1.165) is 0 Å². The fourth-order valence-electron chi connectivity index (χ4n) is 1.66. The van der Waals surface area contributed by atoms with Crippen molar-refractivity contribution in [2.75, 3.05) is 7.11 Å². The van der Waals surface area contributed by atoms with Gasteiger partial charge >= 0.3 is 35.5 Å². The third-order valence-corrected chi connectivity index (χ3v) is 2.60. The van der Waals surface area contributed by atoms with Gasteiger partial charge in [-0.25, -0.2) is 0 Å². The SMILES string of the molecule is COC(=O)C1C(=O)C(C)=C([O-])CC1C.[Na+]. The third kappa shape index (κ3) is 2.83. The van der Waals surface area contributed by atoms with Crippen molar-refractivity contribution in [3.8, 4) is 0 Å². The van der Waals surface area contributed by atoms with Crippen molar-refractivity contribution < 1.29 is 49.0 Å². The number of allylic oxidation sites excluding steroid dienone is 2. The second-order valence-electron chi connectivity index (χ2n) is 3.59. The number of ether oxygens (including phenoxy) is 1. The fraction of sp³-hybridized carbons (Fsp3) is 0.600. The number of ketones is 1. The van der Waals surface area contributed by atoms with Gasteiger partial charge in [0.05, 0.1) is 7.11 Å². The molecule has 0 aromatic carbocycles. The van der Waals surface area contributed by atoms with Crippen LogP contribution in [0.25, 0.3) is 0 Å². The molecule has 15 heavy (non-hydrogen) atoms. The molecule has 1 rings (SSSR count). The van der Waals surface area contributed by atoms with E-state index in [4.69, 9.17) is 0 Å². The van der Waals surface area contributed by atoms with Crippen LogP contribution in [0, 0.1) is 11.8 Å². The van der Waals surface area contributed by atoms with Crippen molar-refractivity contribution in [3.05, 3.63) is 11.3 Å². The number of esters is 1. The van der Waals surface area contributed by atoms with E-state index in [1.807, 2.05) is 0 Å². The first-order valence-electron chi connectivity index (χ1n) is 4.47. The van der Waals surface area contributed by atoms with Gasteiger partial charge in [-0.2, -0.15) is 0 Å². The molecule has 0 aromatic rings. The predicted molar refractivity (Wildman–Crippen MR) is 47.0 cm³/mol. The molecule has 0 aliphatic heterocycles. The van der Waals surface area contributed by atoms with E-state index in [1.165, 1.54) is 14.0 Å². The standard InChI is InChI=1S/C10H14O4.Na/c1-5-4-7(11)6(2)9(12)8(5)10(13)14-3;/h5,8,11H,4H2,1-3H3;/q;+1/p-1. The maximum atomic E-state index is 11.6. The van der Waals surface area contributed by atoms with Crippen LogP contribution in [0.2, 0.25) is 0 Å². The molecule has 78 valence electrons. The Hall–Kier alpha value is -0.320. The molecule has 0 saturated heterocycles. The molecule has 0 saturated carbocycles. The van der Waals surface area contributed by atoms with E-state index < -0.39 is 11.9 Å². The summed E-state index contributed by atoms with van der Waals surface area (Å²) < 4.78 is 4.53. The molecule has 0 amide bonds. The van der Waals surface area contributed by atoms with Gasteiger partial charge < -0.3 is 9.84 Å². The van der Waals surface area contributed by atoms with Crippen molar-refractivity contribution in [2.24, 2.45) is 11.8 Å². The molecule has 0 aromatic heterocycles. The van der Waals surface area contributed by atoms with Gasteiger partial charge in [0, 0.05) is 0 Å². The second kappa shape index (κ2) is 5.68. The Kier molecular flexibility index (Phi) is 5.56. The maximum absolute atomic E-state index is 11.6. The van der Waals surface area contributed by atoms with Crippen LogP contribution in [0.5, 0.6) is 0 Å². The number of carbonyl (C=O) groups excluding carboxylic acids is 2. The summed E-state index contributed by atoms with van der Waals surface area (Å²) in [6.07, 6.45) is 0.247. The molecule has 0 N–H and O–H groups in total. The van der Waals surface area contributed by atoms with Gasteiger partial charge in [0.2, 0.25) is 0 Å². The first-order chi connectivity index (χ1) is 6.49. The average Bonchev–Trinajstić information content (AvgIpc) is 2.14. The van der Waals surface area contributed by atoms with Gasteiger partial charge in [-0.05, 0) is 24.8 Å². The van der Waals surface area contributed by atoms with Gasteiger partial charge in [-0.15, -0.1) is 5.76 Å². The Morgan fingerprint density at radius 3 is 2.53 bits per heavy atom. The van der Waals surface area contributed by atoms with E-state index in [9.17, 15) is 14.7 Å². The number of carbonyl (C=O) groups is 2. The summed E-state index contributed by atoms with van der Waals surface area (Å²) >= 11 is 0. The molecule has 2 unspecified atom stereocenters. The van der Waals surface area contributed by atoms with E-state index in [2.05, 4.69) is 4.74 Å². The Morgan fingerprint density at radius 1 is 1.53 bits per heavy atom. The molecule has 0 spiro atoms. The molecule has 1 aliphatic rings. The summed E-state index contributed by atoms with van der Waals surface area (Å²) in [6, 6.07) is 0. The Balaban J connectivity index is 0.00000196. The number of methoxy groups -OCH3 is 1. The average molecular weight is 220 g/mol. The monoisotopic (exact) mass is 220 g/mol. The Morgan fingerprint density at radius 2 is 2.07 bits per heavy atom.